The maximum atomic E-state index is 12.2. The molecule has 1 atom stereocenters. The third-order valence-electron chi connectivity index (χ3n) is 4.71. The van der Waals surface area contributed by atoms with E-state index in [-0.39, 0.29) is 23.2 Å². The van der Waals surface area contributed by atoms with Crippen molar-refractivity contribution >= 4 is 22.7 Å². The summed E-state index contributed by atoms with van der Waals surface area (Å²) in [5, 5.41) is 10.8. The van der Waals surface area contributed by atoms with Crippen molar-refractivity contribution < 1.29 is 14.1 Å². The highest BCUT2D eigenvalue weighted by molar-refractivity contribution is 5.76. The van der Waals surface area contributed by atoms with Crippen LogP contribution in [-0.4, -0.2) is 39.9 Å². The van der Waals surface area contributed by atoms with Gasteiger partial charge in [0, 0.05) is 38.7 Å². The molecule has 9 heteroatoms. The molecule has 0 aliphatic heterocycles. The first-order chi connectivity index (χ1) is 12.7. The van der Waals surface area contributed by atoms with Crippen molar-refractivity contribution in [3.05, 3.63) is 38.9 Å². The number of nitro benzene ring substituents is 1. The number of nitro groups is 1. The van der Waals surface area contributed by atoms with Gasteiger partial charge < -0.3 is 15.1 Å². The molecule has 9 nitrogen and oxygen atoms in total. The number of carbonyl (C=O) groups excluding carboxylic acids is 1. The minimum Gasteiger partial charge on any atom is -0.407 e. The van der Waals surface area contributed by atoms with Gasteiger partial charge in [-0.15, -0.1) is 0 Å². The predicted molar refractivity (Wildman–Crippen MR) is 101 cm³/mol. The van der Waals surface area contributed by atoms with Crippen LogP contribution < -0.4 is 11.5 Å². The van der Waals surface area contributed by atoms with Crippen LogP contribution in [0.25, 0.3) is 11.1 Å². The number of nitrogens with zero attached hydrogens (tertiary/aromatic N) is 3. The van der Waals surface area contributed by atoms with E-state index in [2.05, 4.69) is 0 Å². The SMILES string of the molecule is CC(C)C(N)CCN(C)C(=O)CCCn1c(=O)oc2cc([N+](=O)[O-])ccc21. The van der Waals surface area contributed by atoms with Gasteiger partial charge in [-0.05, 0) is 24.8 Å². The normalized spacial score (nSPS) is 12.5. The molecule has 1 aromatic carbocycles. The Balaban J connectivity index is 1.93. The van der Waals surface area contributed by atoms with Crippen LogP contribution in [0.1, 0.15) is 33.1 Å². The lowest BCUT2D eigenvalue weighted by molar-refractivity contribution is -0.384. The van der Waals surface area contributed by atoms with E-state index in [0.717, 1.165) is 6.42 Å². The summed E-state index contributed by atoms with van der Waals surface area (Å²) in [7, 11) is 1.74. The Morgan fingerprint density at radius 2 is 2.11 bits per heavy atom. The molecule has 27 heavy (non-hydrogen) atoms. The summed E-state index contributed by atoms with van der Waals surface area (Å²) in [4.78, 5) is 36.1. The molecule has 0 radical (unpaired) electrons. The molecule has 0 aliphatic carbocycles. The second kappa shape index (κ2) is 8.81. The fourth-order valence-electron chi connectivity index (χ4n) is 2.76. The zero-order valence-electron chi connectivity index (χ0n) is 15.9. The number of oxazole rings is 1. The number of fused-ring (bicyclic) bond motifs is 1. The second-order valence-electron chi connectivity index (χ2n) is 7.04. The summed E-state index contributed by atoms with van der Waals surface area (Å²) in [6, 6.07) is 4.09. The molecular formula is C18H26N4O5. The van der Waals surface area contributed by atoms with Gasteiger partial charge in [-0.25, -0.2) is 4.79 Å². The zero-order valence-corrected chi connectivity index (χ0v) is 15.9. The van der Waals surface area contributed by atoms with E-state index < -0.39 is 10.7 Å². The number of hydrogen-bond donors (Lipinski definition) is 1. The zero-order chi connectivity index (χ0) is 20.1. The molecule has 1 unspecified atom stereocenters. The Morgan fingerprint density at radius 1 is 1.41 bits per heavy atom. The molecular weight excluding hydrogens is 352 g/mol. The topological polar surface area (TPSA) is 125 Å². The van der Waals surface area contributed by atoms with Crippen molar-refractivity contribution in [3.63, 3.8) is 0 Å². The van der Waals surface area contributed by atoms with Gasteiger partial charge >= 0.3 is 5.76 Å². The minimum absolute atomic E-state index is 0.0116. The number of rotatable bonds is 9. The number of aryl methyl sites for hydroxylation is 1. The average Bonchev–Trinajstić information content (AvgIpc) is 2.93. The molecule has 0 fully saturated rings. The van der Waals surface area contributed by atoms with Crippen LogP contribution in [0.3, 0.4) is 0 Å². The monoisotopic (exact) mass is 378 g/mol. The van der Waals surface area contributed by atoms with Crippen molar-refractivity contribution in [1.29, 1.82) is 0 Å². The molecule has 1 heterocycles. The molecule has 0 saturated heterocycles. The molecule has 2 aromatic rings. The van der Waals surface area contributed by atoms with Gasteiger partial charge in [0.05, 0.1) is 16.5 Å². The quantitative estimate of drug-likeness (QED) is 0.526. The fraction of sp³-hybridized carbons (Fsp3) is 0.556. The van der Waals surface area contributed by atoms with E-state index in [1.165, 1.54) is 22.8 Å². The van der Waals surface area contributed by atoms with Gasteiger partial charge in [-0.1, -0.05) is 13.8 Å². The van der Waals surface area contributed by atoms with Crippen molar-refractivity contribution in [2.45, 2.75) is 45.7 Å². The lowest BCUT2D eigenvalue weighted by Crippen LogP contribution is -2.34. The van der Waals surface area contributed by atoms with Crippen LogP contribution in [-0.2, 0) is 11.3 Å². The van der Waals surface area contributed by atoms with Crippen LogP contribution in [0.15, 0.2) is 27.4 Å². The van der Waals surface area contributed by atoms with E-state index in [0.29, 0.717) is 37.4 Å². The summed E-state index contributed by atoms with van der Waals surface area (Å²) in [6.45, 7) is 4.99. The first-order valence-corrected chi connectivity index (χ1v) is 8.98. The highest BCUT2D eigenvalue weighted by Gasteiger charge is 2.16. The highest BCUT2D eigenvalue weighted by Crippen LogP contribution is 2.20. The third kappa shape index (κ3) is 5.16. The Morgan fingerprint density at radius 3 is 2.74 bits per heavy atom. The minimum atomic E-state index is -0.589. The number of amides is 1. The summed E-state index contributed by atoms with van der Waals surface area (Å²) in [6.07, 6.45) is 1.49. The van der Waals surface area contributed by atoms with Gasteiger partial charge in [0.25, 0.3) is 5.69 Å². The van der Waals surface area contributed by atoms with Crippen LogP contribution in [0.5, 0.6) is 0 Å². The molecule has 0 spiro atoms. The van der Waals surface area contributed by atoms with Crippen molar-refractivity contribution in [3.8, 4) is 0 Å². The molecule has 2 N–H and O–H groups in total. The molecule has 1 amide bonds. The highest BCUT2D eigenvalue weighted by atomic mass is 16.6. The molecule has 1 aromatic heterocycles. The molecule has 0 aliphatic rings. The standard InChI is InChI=1S/C18H26N4O5/c1-12(2)14(19)8-10-20(3)17(23)5-4-9-21-15-7-6-13(22(25)26)11-16(15)27-18(21)24/h6-7,11-12,14H,4-5,8-10,19H2,1-3H3. The maximum Gasteiger partial charge on any atom is 0.419 e. The first kappa shape index (κ1) is 20.6. The van der Waals surface area contributed by atoms with E-state index in [1.54, 1.807) is 11.9 Å². The number of nitrogens with two attached hydrogens (primary N) is 1. The lowest BCUT2D eigenvalue weighted by Gasteiger charge is -2.21. The number of aromatic nitrogens is 1. The van der Waals surface area contributed by atoms with Gasteiger partial charge in [0.1, 0.15) is 0 Å². The van der Waals surface area contributed by atoms with E-state index in [1.807, 2.05) is 13.8 Å². The number of non-ortho nitro benzene ring substituents is 1. The van der Waals surface area contributed by atoms with Crippen LogP contribution in [0.2, 0.25) is 0 Å². The van der Waals surface area contributed by atoms with Gasteiger partial charge in [-0.3, -0.25) is 19.5 Å². The Kier molecular flexibility index (Phi) is 6.73. The molecule has 0 saturated carbocycles. The lowest BCUT2D eigenvalue weighted by atomic mass is 10.0. The second-order valence-corrected chi connectivity index (χ2v) is 7.04. The Hall–Kier alpha value is -2.68. The Bertz CT molecular complexity index is 870. The number of hydrogen-bond acceptors (Lipinski definition) is 6. The van der Waals surface area contributed by atoms with Crippen molar-refractivity contribution in [2.24, 2.45) is 11.7 Å². The van der Waals surface area contributed by atoms with Crippen molar-refractivity contribution in [1.82, 2.24) is 9.47 Å². The average molecular weight is 378 g/mol. The number of benzene rings is 1. The summed E-state index contributed by atoms with van der Waals surface area (Å²) in [5.74, 6) is -0.234. The van der Waals surface area contributed by atoms with Crippen LogP contribution in [0, 0.1) is 16.0 Å². The summed E-state index contributed by atoms with van der Waals surface area (Å²) in [5.41, 5.74) is 6.51. The van der Waals surface area contributed by atoms with Gasteiger partial charge in [-0.2, -0.15) is 0 Å². The number of carbonyl (C=O) groups is 1. The summed E-state index contributed by atoms with van der Waals surface area (Å²) >= 11 is 0. The van der Waals surface area contributed by atoms with E-state index in [4.69, 9.17) is 10.2 Å². The smallest absolute Gasteiger partial charge is 0.407 e. The summed E-state index contributed by atoms with van der Waals surface area (Å²) < 4.78 is 6.47. The third-order valence-corrected chi connectivity index (χ3v) is 4.71. The van der Waals surface area contributed by atoms with Crippen molar-refractivity contribution in [2.75, 3.05) is 13.6 Å². The van der Waals surface area contributed by atoms with E-state index >= 15 is 0 Å². The van der Waals surface area contributed by atoms with E-state index in [9.17, 15) is 19.7 Å². The Labute approximate surface area is 156 Å². The maximum absolute atomic E-state index is 12.2. The van der Waals surface area contributed by atoms with Crippen LogP contribution in [0.4, 0.5) is 5.69 Å². The molecule has 148 valence electrons. The van der Waals surface area contributed by atoms with Gasteiger partial charge in [0.15, 0.2) is 5.58 Å². The van der Waals surface area contributed by atoms with Crippen LogP contribution >= 0.6 is 0 Å². The predicted octanol–water partition coefficient (Wildman–Crippen LogP) is 2.11. The fourth-order valence-corrected chi connectivity index (χ4v) is 2.76. The first-order valence-electron chi connectivity index (χ1n) is 8.98. The largest absolute Gasteiger partial charge is 0.419 e. The molecule has 2 rings (SSSR count). The van der Waals surface area contributed by atoms with Gasteiger partial charge in [0.2, 0.25) is 5.91 Å². The molecule has 0 bridgehead atoms.